The molecule has 3 aliphatic carbocycles. The van der Waals surface area contributed by atoms with Crippen molar-refractivity contribution in [3.05, 3.63) is 103 Å². The average Bonchev–Trinajstić information content (AvgIpc) is 3.32. The molecule has 2 atom stereocenters. The average molecular weight is 469 g/mol. The molecule has 0 amide bonds. The monoisotopic (exact) mass is 466 g/mol. The molecule has 0 radical (unpaired) electrons. The molecule has 0 spiro atoms. The molecule has 0 aromatic heterocycles. The zero-order valence-corrected chi connectivity index (χ0v) is 18.7. The number of hydrogen-bond acceptors (Lipinski definition) is 0. The third kappa shape index (κ3) is 2.59. The van der Waals surface area contributed by atoms with Gasteiger partial charge in [0.1, 0.15) is 0 Å². The Morgan fingerprint density at radius 2 is 1.67 bits per heavy atom. The van der Waals surface area contributed by atoms with Crippen molar-refractivity contribution >= 4 is 12.2 Å². The van der Waals surface area contributed by atoms with Crippen LogP contribution in [0, 0.1) is 5.41 Å². The van der Waals surface area contributed by atoms with Crippen LogP contribution in [0.5, 0.6) is 0 Å². The zero-order valence-electron chi connectivity index (χ0n) is 14.8. The molecule has 27 heavy (non-hydrogen) atoms. The van der Waals surface area contributed by atoms with Crippen molar-refractivity contribution in [3.63, 3.8) is 0 Å². The Bertz CT molecular complexity index is 1040. The van der Waals surface area contributed by atoms with Gasteiger partial charge in [0.15, 0.2) is 0 Å². The first kappa shape index (κ1) is 19.2. The molecule has 132 valence electrons. The van der Waals surface area contributed by atoms with E-state index >= 15 is 0 Å². The first-order valence-electron chi connectivity index (χ1n) is 9.10. The maximum Gasteiger partial charge on any atom is -1.00 e. The van der Waals surface area contributed by atoms with E-state index in [9.17, 15) is 0 Å². The molecule has 3 heteroatoms. The van der Waals surface area contributed by atoms with Crippen molar-refractivity contribution in [1.82, 2.24) is 0 Å². The minimum atomic E-state index is -0.637. The molecule has 2 aromatic carbocycles. The molecule has 6 rings (SSSR count). The Morgan fingerprint density at radius 1 is 0.889 bits per heavy atom. The van der Waals surface area contributed by atoms with Crippen LogP contribution in [0.15, 0.2) is 81.2 Å². The van der Waals surface area contributed by atoms with Crippen LogP contribution in [0.4, 0.5) is 0 Å². The topological polar surface area (TPSA) is 0 Å². The van der Waals surface area contributed by atoms with Crippen LogP contribution < -0.4 is 24.8 Å². The van der Waals surface area contributed by atoms with Gasteiger partial charge in [-0.05, 0) is 0 Å². The number of allylic oxidation sites excluding steroid dienone is 6. The van der Waals surface area contributed by atoms with E-state index in [1.807, 2.05) is 0 Å². The largest absolute Gasteiger partial charge is 1.00 e. The fourth-order valence-electron chi connectivity index (χ4n) is 5.15. The minimum absolute atomic E-state index is 0. The van der Waals surface area contributed by atoms with Crippen molar-refractivity contribution < 1.29 is 48.0 Å². The Kier molecular flexibility index (Phi) is 5.00. The van der Waals surface area contributed by atoms with E-state index in [1.54, 1.807) is 20.0 Å². The smallest absolute Gasteiger partial charge is 1.00 e. The molecule has 2 unspecified atom stereocenters. The normalized spacial score (nSPS) is 25.2. The number of fused-ring (bicyclic) bond motifs is 6. The van der Waals surface area contributed by atoms with E-state index in [2.05, 4.69) is 78.9 Å². The molecular formula is C24H18Cl2Zr. The van der Waals surface area contributed by atoms with Gasteiger partial charge in [-0.25, -0.2) is 0 Å². The molecule has 1 heterocycles. The molecule has 1 aliphatic heterocycles. The summed E-state index contributed by atoms with van der Waals surface area (Å²) >= 11 is -0.637. The second kappa shape index (κ2) is 7.03. The maximum atomic E-state index is 2.55. The van der Waals surface area contributed by atoms with E-state index in [1.165, 1.54) is 16.7 Å². The van der Waals surface area contributed by atoms with Crippen LogP contribution in [0.2, 0.25) is 0 Å². The standard InChI is InChI=1S/C24H18.2ClH.Zr/c1-6-12-24(13-7-1,22-14-18-8-2-3-9-19(18)15-22)23-16-20-10-4-5-11-21(20)17-23;;;/h1-11,14-16H,12,17H2;2*1H;/q;;;+2/p-2. The number of hydrogen-bond donors (Lipinski definition) is 0. The third-order valence-corrected chi connectivity index (χ3v) is 10.8. The zero-order chi connectivity index (χ0) is 16.4. The summed E-state index contributed by atoms with van der Waals surface area (Å²) in [6.07, 6.45) is 14.5. The second-order valence-electron chi connectivity index (χ2n) is 7.47. The van der Waals surface area contributed by atoms with E-state index in [4.69, 9.17) is 0 Å². The molecule has 0 saturated carbocycles. The molecule has 2 aromatic rings. The second-order valence-corrected chi connectivity index (χ2v) is 10.9. The molecule has 4 aliphatic rings. The predicted molar refractivity (Wildman–Crippen MR) is 99.6 cm³/mol. The first-order chi connectivity index (χ1) is 12.4. The van der Waals surface area contributed by atoms with E-state index in [0.29, 0.717) is 0 Å². The summed E-state index contributed by atoms with van der Waals surface area (Å²) in [4.78, 5) is 0. The molecule has 1 saturated heterocycles. The van der Waals surface area contributed by atoms with Gasteiger partial charge in [0.25, 0.3) is 0 Å². The van der Waals surface area contributed by atoms with Gasteiger partial charge in [-0.2, -0.15) is 0 Å². The number of benzene rings is 2. The first-order valence-corrected chi connectivity index (χ1v) is 11.7. The van der Waals surface area contributed by atoms with Crippen LogP contribution in [0.3, 0.4) is 0 Å². The van der Waals surface area contributed by atoms with Gasteiger partial charge < -0.3 is 24.8 Å². The van der Waals surface area contributed by atoms with Crippen LogP contribution in [-0.2, 0) is 29.7 Å². The molecule has 0 N–H and O–H groups in total. The predicted octanol–water partition coefficient (Wildman–Crippen LogP) is -0.301. The minimum Gasteiger partial charge on any atom is -1.00 e. The Balaban J connectivity index is 0.000000900. The quantitative estimate of drug-likeness (QED) is 0.539. The summed E-state index contributed by atoms with van der Waals surface area (Å²) in [7, 11) is 0. The molecular weight excluding hydrogens is 450 g/mol. The van der Waals surface area contributed by atoms with Gasteiger partial charge in [-0.3, -0.25) is 0 Å². The van der Waals surface area contributed by atoms with Gasteiger partial charge in [0, 0.05) is 0 Å². The van der Waals surface area contributed by atoms with Crippen molar-refractivity contribution in [2.24, 2.45) is 5.41 Å². The molecule has 1 fully saturated rings. The van der Waals surface area contributed by atoms with Crippen LogP contribution in [-0.4, -0.2) is 0 Å². The van der Waals surface area contributed by atoms with Crippen LogP contribution in [0.1, 0.15) is 32.3 Å². The van der Waals surface area contributed by atoms with E-state index in [-0.39, 0.29) is 30.2 Å². The number of halogens is 2. The summed E-state index contributed by atoms with van der Waals surface area (Å²) in [5, 5.41) is 0. The molecule has 0 bridgehead atoms. The Hall–Kier alpha value is -1.14. The van der Waals surface area contributed by atoms with Gasteiger partial charge in [0.2, 0.25) is 0 Å². The Morgan fingerprint density at radius 3 is 2.52 bits per heavy atom. The summed E-state index contributed by atoms with van der Waals surface area (Å²) in [6, 6.07) is 18.1. The van der Waals surface area contributed by atoms with Gasteiger partial charge in [-0.15, -0.1) is 0 Å². The van der Waals surface area contributed by atoms with Crippen molar-refractivity contribution in [1.29, 1.82) is 0 Å². The van der Waals surface area contributed by atoms with Crippen molar-refractivity contribution in [3.8, 4) is 0 Å². The van der Waals surface area contributed by atoms with E-state index in [0.717, 1.165) is 16.5 Å². The third-order valence-electron chi connectivity index (χ3n) is 6.32. The summed E-state index contributed by atoms with van der Waals surface area (Å²) in [6.45, 7) is 0. The fourth-order valence-corrected chi connectivity index (χ4v) is 10.2. The van der Waals surface area contributed by atoms with Gasteiger partial charge in [-0.1, -0.05) is 0 Å². The van der Waals surface area contributed by atoms with Crippen LogP contribution in [0.25, 0.3) is 12.2 Å². The summed E-state index contributed by atoms with van der Waals surface area (Å²) < 4.78 is 2.54. The SMILES string of the molecule is C1=CCC2(C3=Cc4ccccc4C3)[C](=C1)[Zr+2][CH]1C2=Cc2ccccc21.[Cl-].[Cl-]. The maximum absolute atomic E-state index is 2.55. The van der Waals surface area contributed by atoms with Gasteiger partial charge in [0.05, 0.1) is 0 Å². The summed E-state index contributed by atoms with van der Waals surface area (Å²) in [5.74, 6) is 0. The van der Waals surface area contributed by atoms with Crippen LogP contribution >= 0.6 is 0 Å². The fraction of sp³-hybridized carbons (Fsp3) is 0.167. The van der Waals surface area contributed by atoms with Crippen molar-refractivity contribution in [2.45, 2.75) is 16.5 Å². The summed E-state index contributed by atoms with van der Waals surface area (Å²) in [5.41, 5.74) is 9.59. The van der Waals surface area contributed by atoms with Gasteiger partial charge >= 0.3 is 161 Å². The van der Waals surface area contributed by atoms with E-state index < -0.39 is 23.2 Å². The van der Waals surface area contributed by atoms with Crippen molar-refractivity contribution in [2.75, 3.05) is 0 Å². The Labute approximate surface area is 184 Å². The number of rotatable bonds is 1. The molecule has 0 nitrogen and oxygen atoms in total.